The van der Waals surface area contributed by atoms with E-state index >= 15 is 0 Å². The molecule has 3 rings (SSSR count). The lowest BCUT2D eigenvalue weighted by Gasteiger charge is -2.31. The number of nitrogens with zero attached hydrogens (tertiary/aromatic N) is 2. The summed E-state index contributed by atoms with van der Waals surface area (Å²) in [6, 6.07) is 6.64. The Bertz CT molecular complexity index is 832. The molecule has 4 nitrogen and oxygen atoms in total. The van der Waals surface area contributed by atoms with Gasteiger partial charge in [-0.25, -0.2) is 9.37 Å². The zero-order valence-corrected chi connectivity index (χ0v) is 17.6. The predicted molar refractivity (Wildman–Crippen MR) is 112 cm³/mol. The first-order chi connectivity index (χ1) is 13.4. The van der Waals surface area contributed by atoms with Gasteiger partial charge in [-0.2, -0.15) is 0 Å². The summed E-state index contributed by atoms with van der Waals surface area (Å²) in [6.45, 7) is 9.12. The molecule has 0 radical (unpaired) electrons. The monoisotopic (exact) mass is 401 g/mol. The lowest BCUT2D eigenvalue weighted by molar-refractivity contribution is 0.0917. The molecule has 6 heteroatoms. The minimum atomic E-state index is -0.244. The average molecular weight is 402 g/mol. The van der Waals surface area contributed by atoms with Gasteiger partial charge in [-0.15, -0.1) is 11.3 Å². The molecule has 1 N–H and O–H groups in total. The number of hydrogen-bond acceptors (Lipinski definition) is 4. The largest absolute Gasteiger partial charge is 0.348 e. The number of hydrogen-bond donors (Lipinski definition) is 1. The summed E-state index contributed by atoms with van der Waals surface area (Å²) in [5.74, 6) is -0.269. The number of thiazole rings is 1. The number of aromatic nitrogens is 1. The quantitative estimate of drug-likeness (QED) is 0.733. The van der Waals surface area contributed by atoms with Crippen LogP contribution >= 0.6 is 11.3 Å². The zero-order chi connectivity index (χ0) is 20.1. The maximum absolute atomic E-state index is 13.1. The first-order valence-electron chi connectivity index (χ1n) is 9.78. The molecule has 1 aliphatic heterocycles. The fraction of sp³-hybridized carbons (Fsp3) is 0.455. The highest BCUT2D eigenvalue weighted by molar-refractivity contribution is 7.13. The summed E-state index contributed by atoms with van der Waals surface area (Å²) in [7, 11) is 0. The van der Waals surface area contributed by atoms with Gasteiger partial charge in [0.25, 0.3) is 5.91 Å². The molecule has 28 heavy (non-hydrogen) atoms. The second kappa shape index (κ2) is 9.43. The minimum absolute atomic E-state index is 0.0249. The number of carbonyl (C=O) groups excluding carboxylic acids is 1. The summed E-state index contributed by atoms with van der Waals surface area (Å²) in [5.41, 5.74) is 3.10. The second-order valence-corrected chi connectivity index (χ2v) is 8.74. The van der Waals surface area contributed by atoms with Crippen molar-refractivity contribution >= 4 is 17.2 Å². The van der Waals surface area contributed by atoms with Crippen molar-refractivity contribution in [1.29, 1.82) is 0 Å². The number of nitrogens with one attached hydrogen (secondary N) is 1. The standard InChI is InChI=1S/C22H28FN3OS/c1-15(2)8-11-26-12-9-19(10-13-26)25-22(27)21-16(3)24-20(28-21)14-17-4-6-18(23)7-5-17/h4-8,19H,9-14H2,1-3H3,(H,25,27). The van der Waals surface area contributed by atoms with Crippen molar-refractivity contribution in [2.45, 2.75) is 46.1 Å². The van der Waals surface area contributed by atoms with Crippen molar-refractivity contribution in [2.24, 2.45) is 0 Å². The van der Waals surface area contributed by atoms with E-state index in [1.165, 1.54) is 29.0 Å². The van der Waals surface area contributed by atoms with Crippen LogP contribution in [-0.4, -0.2) is 41.5 Å². The fourth-order valence-electron chi connectivity index (χ4n) is 3.34. The fourth-order valence-corrected chi connectivity index (χ4v) is 4.34. The lowest BCUT2D eigenvalue weighted by Crippen LogP contribution is -2.44. The van der Waals surface area contributed by atoms with Crippen LogP contribution in [0.3, 0.4) is 0 Å². The molecular weight excluding hydrogens is 373 g/mol. The summed E-state index contributed by atoms with van der Waals surface area (Å²) < 4.78 is 13.1. The van der Waals surface area contributed by atoms with Crippen LogP contribution in [0, 0.1) is 12.7 Å². The number of carbonyl (C=O) groups is 1. The van der Waals surface area contributed by atoms with Gasteiger partial charge in [0.15, 0.2) is 0 Å². The van der Waals surface area contributed by atoms with Crippen LogP contribution in [0.1, 0.15) is 52.6 Å². The van der Waals surface area contributed by atoms with E-state index < -0.39 is 0 Å². The molecule has 2 aromatic rings. The van der Waals surface area contributed by atoms with E-state index in [1.54, 1.807) is 12.1 Å². The van der Waals surface area contributed by atoms with E-state index in [1.807, 2.05) is 6.92 Å². The Morgan fingerprint density at radius 3 is 2.61 bits per heavy atom. The van der Waals surface area contributed by atoms with Gasteiger partial charge >= 0.3 is 0 Å². The van der Waals surface area contributed by atoms with Gasteiger partial charge in [0.05, 0.1) is 10.7 Å². The highest BCUT2D eigenvalue weighted by Gasteiger charge is 2.23. The molecule has 1 amide bonds. The number of rotatable bonds is 6. The van der Waals surface area contributed by atoms with Crippen LogP contribution in [0.25, 0.3) is 0 Å². The number of likely N-dealkylation sites (tertiary alicyclic amines) is 1. The van der Waals surface area contributed by atoms with E-state index in [0.717, 1.165) is 48.7 Å². The number of amides is 1. The van der Waals surface area contributed by atoms with Crippen molar-refractivity contribution < 1.29 is 9.18 Å². The second-order valence-electron chi connectivity index (χ2n) is 7.66. The predicted octanol–water partition coefficient (Wildman–Crippen LogP) is 4.34. The van der Waals surface area contributed by atoms with Crippen molar-refractivity contribution in [3.05, 3.63) is 62.9 Å². The maximum atomic E-state index is 13.1. The SMILES string of the molecule is CC(C)=CCN1CCC(NC(=O)c2sc(Cc3ccc(F)cc3)nc2C)CC1. The smallest absolute Gasteiger partial charge is 0.263 e. The van der Waals surface area contributed by atoms with Crippen molar-refractivity contribution in [2.75, 3.05) is 19.6 Å². The normalized spacial score (nSPS) is 15.4. The van der Waals surface area contributed by atoms with E-state index in [9.17, 15) is 9.18 Å². The molecule has 1 fully saturated rings. The summed E-state index contributed by atoms with van der Waals surface area (Å²) >= 11 is 1.43. The number of halogens is 1. The van der Waals surface area contributed by atoms with Gasteiger partial charge in [-0.3, -0.25) is 9.69 Å². The van der Waals surface area contributed by atoms with Crippen LogP contribution in [0.5, 0.6) is 0 Å². The Morgan fingerprint density at radius 2 is 1.96 bits per heavy atom. The van der Waals surface area contributed by atoms with E-state index in [0.29, 0.717) is 11.3 Å². The van der Waals surface area contributed by atoms with Crippen LogP contribution in [0.15, 0.2) is 35.9 Å². The lowest BCUT2D eigenvalue weighted by atomic mass is 10.0. The number of allylic oxidation sites excluding steroid dienone is 1. The molecule has 0 atom stereocenters. The third-order valence-corrected chi connectivity index (χ3v) is 6.15. The Hall–Kier alpha value is -2.05. The third-order valence-electron chi connectivity index (χ3n) is 5.00. The molecule has 150 valence electrons. The van der Waals surface area contributed by atoms with Gasteiger partial charge < -0.3 is 5.32 Å². The van der Waals surface area contributed by atoms with Crippen molar-refractivity contribution in [3.8, 4) is 0 Å². The van der Waals surface area contributed by atoms with Gasteiger partial charge in [0.2, 0.25) is 0 Å². The van der Waals surface area contributed by atoms with Gasteiger partial charge in [0, 0.05) is 32.1 Å². The molecule has 0 saturated carbocycles. The highest BCUT2D eigenvalue weighted by atomic mass is 32.1. The van der Waals surface area contributed by atoms with Gasteiger partial charge in [0.1, 0.15) is 10.7 Å². The van der Waals surface area contributed by atoms with Crippen LogP contribution < -0.4 is 5.32 Å². The summed E-state index contributed by atoms with van der Waals surface area (Å²) in [5, 5.41) is 4.07. The molecule has 1 saturated heterocycles. The van der Waals surface area contributed by atoms with Gasteiger partial charge in [-0.1, -0.05) is 23.8 Å². The molecule has 0 aliphatic carbocycles. The molecule has 1 aliphatic rings. The first kappa shape index (κ1) is 20.7. The Balaban J connectivity index is 1.54. The summed E-state index contributed by atoms with van der Waals surface area (Å²) in [4.78, 5) is 20.4. The average Bonchev–Trinajstić information content (AvgIpc) is 3.03. The molecule has 0 unspecified atom stereocenters. The third kappa shape index (κ3) is 5.72. The zero-order valence-electron chi connectivity index (χ0n) is 16.8. The van der Waals surface area contributed by atoms with Crippen molar-refractivity contribution in [3.63, 3.8) is 0 Å². The first-order valence-corrected chi connectivity index (χ1v) is 10.6. The number of piperidine rings is 1. The number of benzene rings is 1. The summed E-state index contributed by atoms with van der Waals surface area (Å²) in [6.07, 6.45) is 4.81. The van der Waals surface area contributed by atoms with E-state index in [2.05, 4.69) is 35.1 Å². The van der Waals surface area contributed by atoms with E-state index in [-0.39, 0.29) is 17.8 Å². The molecule has 0 bridgehead atoms. The topological polar surface area (TPSA) is 45.2 Å². The van der Waals surface area contributed by atoms with Gasteiger partial charge in [-0.05, 0) is 51.3 Å². The molecule has 1 aromatic heterocycles. The Labute approximate surface area is 170 Å². The van der Waals surface area contributed by atoms with E-state index in [4.69, 9.17) is 0 Å². The van der Waals surface area contributed by atoms with Crippen LogP contribution in [-0.2, 0) is 6.42 Å². The van der Waals surface area contributed by atoms with Crippen molar-refractivity contribution in [1.82, 2.24) is 15.2 Å². The Kier molecular flexibility index (Phi) is 6.97. The molecule has 0 spiro atoms. The molecule has 1 aromatic carbocycles. The Morgan fingerprint density at radius 1 is 1.29 bits per heavy atom. The van der Waals surface area contributed by atoms with Crippen LogP contribution in [0.4, 0.5) is 4.39 Å². The number of aryl methyl sites for hydroxylation is 1. The maximum Gasteiger partial charge on any atom is 0.263 e. The highest BCUT2D eigenvalue weighted by Crippen LogP contribution is 2.22. The minimum Gasteiger partial charge on any atom is -0.348 e. The van der Waals surface area contributed by atoms with Crippen LogP contribution in [0.2, 0.25) is 0 Å². The molecule has 2 heterocycles. The molecular formula is C22H28FN3OS.